The van der Waals surface area contributed by atoms with Gasteiger partial charge in [-0.05, 0) is 37.6 Å². The molecule has 1 aliphatic heterocycles. The average Bonchev–Trinajstić information content (AvgIpc) is 2.83. The van der Waals surface area contributed by atoms with E-state index in [0.29, 0.717) is 0 Å². The molecule has 3 rings (SSSR count). The summed E-state index contributed by atoms with van der Waals surface area (Å²) >= 11 is 0. The number of fused-ring (bicyclic) bond motifs is 1. The minimum absolute atomic E-state index is 0.788. The van der Waals surface area contributed by atoms with Gasteiger partial charge in [0, 0.05) is 42.8 Å². The van der Waals surface area contributed by atoms with Gasteiger partial charge in [-0.3, -0.25) is 4.90 Å². The van der Waals surface area contributed by atoms with Crippen LogP contribution in [0.1, 0.15) is 18.4 Å². The van der Waals surface area contributed by atoms with E-state index in [2.05, 4.69) is 53.1 Å². The third kappa shape index (κ3) is 2.51. The number of nitrogens with zero attached hydrogens (tertiary/aromatic N) is 2. The highest BCUT2D eigenvalue weighted by Crippen LogP contribution is 2.30. The van der Waals surface area contributed by atoms with Gasteiger partial charge in [0.05, 0.1) is 0 Å². The molecule has 2 N–H and O–H groups in total. The standard InChI is InChI=1S/C17H23N3/c1-19-13-16(15-5-2-3-6-17(15)19)14-7-11-20(12-8-14)10-4-9-18/h2-3,5-7,13H,4,8-12,18H2,1H3. The molecule has 2 heterocycles. The largest absolute Gasteiger partial charge is 0.350 e. The van der Waals surface area contributed by atoms with Gasteiger partial charge in [0.1, 0.15) is 0 Å². The van der Waals surface area contributed by atoms with Crippen LogP contribution in [0.3, 0.4) is 0 Å². The third-order valence-corrected chi connectivity index (χ3v) is 4.21. The molecule has 0 atom stereocenters. The van der Waals surface area contributed by atoms with Gasteiger partial charge in [-0.2, -0.15) is 0 Å². The molecule has 106 valence electrons. The predicted molar refractivity (Wildman–Crippen MR) is 85.6 cm³/mol. The van der Waals surface area contributed by atoms with Crippen LogP contribution in [0.25, 0.3) is 16.5 Å². The maximum atomic E-state index is 5.58. The summed E-state index contributed by atoms with van der Waals surface area (Å²) in [6.07, 6.45) is 6.89. The molecule has 0 amide bonds. The van der Waals surface area contributed by atoms with Crippen molar-refractivity contribution in [3.05, 3.63) is 42.1 Å². The van der Waals surface area contributed by atoms with Crippen LogP contribution >= 0.6 is 0 Å². The molecule has 20 heavy (non-hydrogen) atoms. The summed E-state index contributed by atoms with van der Waals surface area (Å²) in [7, 11) is 2.13. The molecule has 0 bridgehead atoms. The molecule has 1 aromatic heterocycles. The zero-order valence-electron chi connectivity index (χ0n) is 12.2. The fourth-order valence-corrected chi connectivity index (χ4v) is 3.07. The van der Waals surface area contributed by atoms with Gasteiger partial charge in [-0.25, -0.2) is 0 Å². The third-order valence-electron chi connectivity index (χ3n) is 4.21. The Hall–Kier alpha value is -1.58. The molecule has 2 aromatic rings. The van der Waals surface area contributed by atoms with Gasteiger partial charge in [-0.1, -0.05) is 24.3 Å². The number of aromatic nitrogens is 1. The Morgan fingerprint density at radius 1 is 1.25 bits per heavy atom. The van der Waals surface area contributed by atoms with E-state index < -0.39 is 0 Å². The lowest BCUT2D eigenvalue weighted by atomic mass is 9.99. The first-order chi connectivity index (χ1) is 9.79. The Kier molecular flexibility index (Phi) is 3.90. The number of benzene rings is 1. The zero-order valence-corrected chi connectivity index (χ0v) is 12.2. The van der Waals surface area contributed by atoms with E-state index in [1.54, 1.807) is 0 Å². The molecule has 0 saturated carbocycles. The molecule has 0 unspecified atom stereocenters. The Morgan fingerprint density at radius 3 is 2.85 bits per heavy atom. The van der Waals surface area contributed by atoms with E-state index >= 15 is 0 Å². The number of rotatable bonds is 4. The van der Waals surface area contributed by atoms with Crippen molar-refractivity contribution in [3.63, 3.8) is 0 Å². The van der Waals surface area contributed by atoms with Gasteiger partial charge < -0.3 is 10.3 Å². The summed E-state index contributed by atoms with van der Waals surface area (Å²) in [6, 6.07) is 8.65. The number of aryl methyl sites for hydroxylation is 1. The van der Waals surface area contributed by atoms with E-state index in [1.165, 1.54) is 22.0 Å². The lowest BCUT2D eigenvalue weighted by Gasteiger charge is -2.26. The highest BCUT2D eigenvalue weighted by molar-refractivity contribution is 5.93. The van der Waals surface area contributed by atoms with Crippen LogP contribution in [-0.4, -0.2) is 35.6 Å². The van der Waals surface area contributed by atoms with Gasteiger partial charge in [0.15, 0.2) is 0 Å². The SMILES string of the molecule is Cn1cc(C2=CCN(CCCN)CC2)c2ccccc21. The van der Waals surface area contributed by atoms with Gasteiger partial charge in [-0.15, -0.1) is 0 Å². The van der Waals surface area contributed by atoms with Crippen LogP contribution in [0.5, 0.6) is 0 Å². The number of para-hydroxylation sites is 1. The van der Waals surface area contributed by atoms with Gasteiger partial charge in [0.2, 0.25) is 0 Å². The minimum Gasteiger partial charge on any atom is -0.350 e. The van der Waals surface area contributed by atoms with Crippen molar-refractivity contribution in [3.8, 4) is 0 Å². The molecular weight excluding hydrogens is 246 g/mol. The molecule has 0 radical (unpaired) electrons. The summed E-state index contributed by atoms with van der Waals surface area (Å²) in [5.74, 6) is 0. The first-order valence-corrected chi connectivity index (χ1v) is 7.45. The number of hydrogen-bond acceptors (Lipinski definition) is 2. The molecule has 0 saturated heterocycles. The molecule has 3 nitrogen and oxygen atoms in total. The molecule has 0 aliphatic carbocycles. The summed E-state index contributed by atoms with van der Waals surface area (Å²) in [6.45, 7) is 4.11. The fourth-order valence-electron chi connectivity index (χ4n) is 3.07. The van der Waals surface area contributed by atoms with Crippen LogP contribution in [0.4, 0.5) is 0 Å². The molecule has 1 aromatic carbocycles. The second kappa shape index (κ2) is 5.81. The summed E-state index contributed by atoms with van der Waals surface area (Å²) < 4.78 is 2.23. The quantitative estimate of drug-likeness (QED) is 0.926. The van der Waals surface area contributed by atoms with Crippen LogP contribution in [0, 0.1) is 0 Å². The predicted octanol–water partition coefficient (Wildman–Crippen LogP) is 2.62. The summed E-state index contributed by atoms with van der Waals surface area (Å²) in [5, 5.41) is 1.37. The van der Waals surface area contributed by atoms with Crippen molar-refractivity contribution in [2.45, 2.75) is 12.8 Å². The lowest BCUT2D eigenvalue weighted by Crippen LogP contribution is -2.30. The van der Waals surface area contributed by atoms with Crippen molar-refractivity contribution in [1.82, 2.24) is 9.47 Å². The second-order valence-corrected chi connectivity index (χ2v) is 5.59. The maximum absolute atomic E-state index is 5.58. The summed E-state index contributed by atoms with van der Waals surface area (Å²) in [4.78, 5) is 2.49. The Morgan fingerprint density at radius 2 is 2.10 bits per heavy atom. The monoisotopic (exact) mass is 269 g/mol. The molecule has 1 aliphatic rings. The topological polar surface area (TPSA) is 34.2 Å². The lowest BCUT2D eigenvalue weighted by molar-refractivity contribution is 0.300. The van der Waals surface area contributed by atoms with Crippen LogP contribution in [0.15, 0.2) is 36.5 Å². The van der Waals surface area contributed by atoms with Crippen molar-refractivity contribution >= 4 is 16.5 Å². The highest BCUT2D eigenvalue weighted by atomic mass is 15.1. The normalized spacial score (nSPS) is 16.6. The second-order valence-electron chi connectivity index (χ2n) is 5.59. The van der Waals surface area contributed by atoms with Gasteiger partial charge in [0.25, 0.3) is 0 Å². The smallest absolute Gasteiger partial charge is 0.0484 e. The van der Waals surface area contributed by atoms with E-state index in [1.807, 2.05) is 0 Å². The van der Waals surface area contributed by atoms with Crippen molar-refractivity contribution in [2.24, 2.45) is 12.8 Å². The fraction of sp³-hybridized carbons (Fsp3) is 0.412. The molecule has 3 heteroatoms. The highest BCUT2D eigenvalue weighted by Gasteiger charge is 2.15. The van der Waals surface area contributed by atoms with Crippen molar-refractivity contribution < 1.29 is 0 Å². The Bertz CT molecular complexity index is 624. The van der Waals surface area contributed by atoms with E-state index in [9.17, 15) is 0 Å². The first-order valence-electron chi connectivity index (χ1n) is 7.45. The van der Waals surface area contributed by atoms with Gasteiger partial charge >= 0.3 is 0 Å². The van der Waals surface area contributed by atoms with Crippen LogP contribution in [0.2, 0.25) is 0 Å². The summed E-state index contributed by atoms with van der Waals surface area (Å²) in [5.41, 5.74) is 9.79. The maximum Gasteiger partial charge on any atom is 0.0484 e. The van der Waals surface area contributed by atoms with E-state index in [0.717, 1.165) is 39.0 Å². The Labute approximate surface area is 120 Å². The van der Waals surface area contributed by atoms with Crippen LogP contribution in [-0.2, 0) is 7.05 Å². The molecule has 0 fully saturated rings. The number of nitrogens with two attached hydrogens (primary N) is 1. The molecule has 0 spiro atoms. The Balaban J connectivity index is 1.84. The average molecular weight is 269 g/mol. The van der Waals surface area contributed by atoms with Crippen LogP contribution < -0.4 is 5.73 Å². The number of hydrogen-bond donors (Lipinski definition) is 1. The minimum atomic E-state index is 0.788. The van der Waals surface area contributed by atoms with E-state index in [4.69, 9.17) is 5.73 Å². The van der Waals surface area contributed by atoms with E-state index in [-0.39, 0.29) is 0 Å². The first kappa shape index (κ1) is 13.4. The van der Waals surface area contributed by atoms with Crippen molar-refractivity contribution in [2.75, 3.05) is 26.2 Å². The zero-order chi connectivity index (χ0) is 13.9. The van der Waals surface area contributed by atoms with Crippen molar-refractivity contribution in [1.29, 1.82) is 0 Å². The molecular formula is C17H23N3.